The van der Waals surface area contributed by atoms with Crippen molar-refractivity contribution in [3.05, 3.63) is 43.0 Å². The monoisotopic (exact) mass is 301 g/mol. The van der Waals surface area contributed by atoms with Gasteiger partial charge in [-0.1, -0.05) is 48.2 Å². The van der Waals surface area contributed by atoms with Gasteiger partial charge in [0, 0.05) is 24.5 Å². The summed E-state index contributed by atoms with van der Waals surface area (Å²) in [5.41, 5.74) is 1.08. The van der Waals surface area contributed by atoms with Gasteiger partial charge in [0.15, 0.2) is 11.0 Å². The Hall–Kier alpha value is -1.59. The Morgan fingerprint density at radius 3 is 2.90 bits per heavy atom. The average Bonchev–Trinajstić information content (AvgIpc) is 3.16. The highest BCUT2D eigenvalue weighted by Crippen LogP contribution is 2.26. The topological polar surface area (TPSA) is 39.9 Å². The van der Waals surface area contributed by atoms with E-state index in [4.69, 9.17) is 4.74 Å². The molecule has 21 heavy (non-hydrogen) atoms. The van der Waals surface area contributed by atoms with Crippen molar-refractivity contribution in [2.75, 3.05) is 12.4 Å². The molecule has 0 N–H and O–H groups in total. The molecule has 0 saturated carbocycles. The smallest absolute Gasteiger partial charge is 0.191 e. The number of hydrogen-bond donors (Lipinski definition) is 0. The van der Waals surface area contributed by atoms with Gasteiger partial charge < -0.3 is 4.74 Å². The molecule has 4 nitrogen and oxygen atoms in total. The Kier molecular flexibility index (Phi) is 4.72. The highest BCUT2D eigenvalue weighted by Gasteiger charge is 2.19. The summed E-state index contributed by atoms with van der Waals surface area (Å²) in [6, 6.07) is 10.1. The average molecular weight is 301 g/mol. The minimum atomic E-state index is 0.351. The summed E-state index contributed by atoms with van der Waals surface area (Å²) in [6.07, 6.45) is 4.55. The summed E-state index contributed by atoms with van der Waals surface area (Å²) >= 11 is 1.72. The van der Waals surface area contributed by atoms with Crippen molar-refractivity contribution in [2.24, 2.45) is 0 Å². The lowest BCUT2D eigenvalue weighted by atomic mass is 10.2. The first-order valence-electron chi connectivity index (χ1n) is 7.22. The molecule has 1 aromatic carbocycles. The second-order valence-electron chi connectivity index (χ2n) is 5.02. The van der Waals surface area contributed by atoms with E-state index in [1.165, 1.54) is 6.42 Å². The van der Waals surface area contributed by atoms with E-state index >= 15 is 0 Å². The summed E-state index contributed by atoms with van der Waals surface area (Å²) in [5, 5.41) is 9.63. The van der Waals surface area contributed by atoms with Gasteiger partial charge in [-0.15, -0.1) is 16.8 Å². The van der Waals surface area contributed by atoms with Crippen molar-refractivity contribution in [1.29, 1.82) is 0 Å². The Morgan fingerprint density at radius 1 is 1.33 bits per heavy atom. The van der Waals surface area contributed by atoms with Crippen LogP contribution in [0.3, 0.4) is 0 Å². The van der Waals surface area contributed by atoms with Crippen molar-refractivity contribution in [3.8, 4) is 11.4 Å². The molecule has 2 heterocycles. The first-order valence-corrected chi connectivity index (χ1v) is 8.21. The Morgan fingerprint density at radius 2 is 2.19 bits per heavy atom. The van der Waals surface area contributed by atoms with Crippen molar-refractivity contribution in [1.82, 2.24) is 14.8 Å². The van der Waals surface area contributed by atoms with E-state index in [0.29, 0.717) is 12.6 Å². The number of rotatable bonds is 6. The van der Waals surface area contributed by atoms with E-state index in [0.717, 1.165) is 35.3 Å². The Labute approximate surface area is 129 Å². The maximum atomic E-state index is 5.67. The number of nitrogens with zero attached hydrogens (tertiary/aromatic N) is 3. The molecule has 1 aromatic heterocycles. The van der Waals surface area contributed by atoms with Crippen molar-refractivity contribution >= 4 is 11.8 Å². The summed E-state index contributed by atoms with van der Waals surface area (Å²) < 4.78 is 7.78. The van der Waals surface area contributed by atoms with E-state index in [-0.39, 0.29) is 0 Å². The van der Waals surface area contributed by atoms with Crippen LogP contribution in [0.1, 0.15) is 12.8 Å². The highest BCUT2D eigenvalue weighted by atomic mass is 32.2. The Bertz CT molecular complexity index is 591. The Balaban J connectivity index is 1.80. The van der Waals surface area contributed by atoms with E-state index in [2.05, 4.69) is 33.5 Å². The van der Waals surface area contributed by atoms with Gasteiger partial charge in [-0.05, 0) is 12.8 Å². The zero-order chi connectivity index (χ0) is 14.5. The summed E-state index contributed by atoms with van der Waals surface area (Å²) in [5.74, 6) is 1.83. The molecular weight excluding hydrogens is 282 g/mol. The second-order valence-corrected chi connectivity index (χ2v) is 6.00. The standard InChI is InChI=1S/C16H19N3OS/c1-2-10-19-15(13-7-4-3-5-8-13)17-18-16(19)21-12-14-9-6-11-20-14/h2-5,7-8,14H,1,6,9-12H2. The van der Waals surface area contributed by atoms with Crippen LogP contribution in [0.2, 0.25) is 0 Å². The molecule has 1 aliphatic heterocycles. The van der Waals surface area contributed by atoms with Crippen molar-refractivity contribution < 1.29 is 4.74 Å². The molecule has 2 aromatic rings. The number of hydrogen-bond acceptors (Lipinski definition) is 4. The molecule has 1 aliphatic rings. The van der Waals surface area contributed by atoms with E-state index in [1.54, 1.807) is 11.8 Å². The first kappa shape index (κ1) is 14.4. The minimum absolute atomic E-state index is 0.351. The van der Waals surface area contributed by atoms with Gasteiger partial charge in [-0.3, -0.25) is 4.57 Å². The van der Waals surface area contributed by atoms with E-state index < -0.39 is 0 Å². The van der Waals surface area contributed by atoms with E-state index in [1.807, 2.05) is 24.3 Å². The molecule has 0 radical (unpaired) electrons. The zero-order valence-electron chi connectivity index (χ0n) is 11.9. The van der Waals surface area contributed by atoms with Crippen LogP contribution in [0.4, 0.5) is 0 Å². The van der Waals surface area contributed by atoms with Crippen molar-refractivity contribution in [3.63, 3.8) is 0 Å². The number of aromatic nitrogens is 3. The van der Waals surface area contributed by atoms with Crippen LogP contribution in [0, 0.1) is 0 Å². The molecule has 1 saturated heterocycles. The predicted molar refractivity (Wildman–Crippen MR) is 85.4 cm³/mol. The SMILES string of the molecule is C=CCn1c(SCC2CCCO2)nnc1-c1ccccc1. The van der Waals surface area contributed by atoms with Crippen LogP contribution in [-0.4, -0.2) is 33.2 Å². The first-order chi connectivity index (χ1) is 10.4. The van der Waals surface area contributed by atoms with Gasteiger partial charge in [0.05, 0.1) is 6.10 Å². The van der Waals surface area contributed by atoms with Gasteiger partial charge >= 0.3 is 0 Å². The maximum Gasteiger partial charge on any atom is 0.191 e. The highest BCUT2D eigenvalue weighted by molar-refractivity contribution is 7.99. The second kappa shape index (κ2) is 6.91. The van der Waals surface area contributed by atoms with Gasteiger partial charge in [-0.25, -0.2) is 0 Å². The lowest BCUT2D eigenvalue weighted by Crippen LogP contribution is -2.09. The van der Waals surface area contributed by atoms with Crippen LogP contribution < -0.4 is 0 Å². The molecule has 3 rings (SSSR count). The summed E-state index contributed by atoms with van der Waals surface area (Å²) in [7, 11) is 0. The normalized spacial score (nSPS) is 18.0. The molecule has 1 unspecified atom stereocenters. The molecule has 0 amide bonds. The molecule has 0 spiro atoms. The fraction of sp³-hybridized carbons (Fsp3) is 0.375. The number of ether oxygens (including phenoxy) is 1. The summed E-state index contributed by atoms with van der Waals surface area (Å²) in [4.78, 5) is 0. The number of benzene rings is 1. The van der Waals surface area contributed by atoms with Gasteiger partial charge in [0.1, 0.15) is 0 Å². The fourth-order valence-corrected chi connectivity index (χ4v) is 3.45. The van der Waals surface area contributed by atoms with Gasteiger partial charge in [0.2, 0.25) is 0 Å². The van der Waals surface area contributed by atoms with Crippen LogP contribution >= 0.6 is 11.8 Å². The zero-order valence-corrected chi connectivity index (χ0v) is 12.8. The maximum absolute atomic E-state index is 5.67. The molecule has 110 valence electrons. The van der Waals surface area contributed by atoms with Gasteiger partial charge in [-0.2, -0.15) is 0 Å². The van der Waals surface area contributed by atoms with Crippen LogP contribution in [0.15, 0.2) is 48.1 Å². The van der Waals surface area contributed by atoms with Crippen molar-refractivity contribution in [2.45, 2.75) is 30.6 Å². The molecule has 0 bridgehead atoms. The number of thioether (sulfide) groups is 1. The third-order valence-corrected chi connectivity index (χ3v) is 4.58. The number of allylic oxidation sites excluding steroid dienone is 1. The molecule has 1 fully saturated rings. The van der Waals surface area contributed by atoms with Crippen LogP contribution in [0.25, 0.3) is 11.4 Å². The molecular formula is C16H19N3OS. The lowest BCUT2D eigenvalue weighted by Gasteiger charge is -2.10. The van der Waals surface area contributed by atoms with E-state index in [9.17, 15) is 0 Å². The largest absolute Gasteiger partial charge is 0.377 e. The third kappa shape index (κ3) is 3.36. The molecule has 0 aliphatic carbocycles. The lowest BCUT2D eigenvalue weighted by molar-refractivity contribution is 0.129. The van der Waals surface area contributed by atoms with Gasteiger partial charge in [0.25, 0.3) is 0 Å². The fourth-order valence-electron chi connectivity index (χ4n) is 2.43. The minimum Gasteiger partial charge on any atom is -0.377 e. The third-order valence-electron chi connectivity index (χ3n) is 3.48. The summed E-state index contributed by atoms with van der Waals surface area (Å²) in [6.45, 7) is 5.44. The molecule has 1 atom stereocenters. The van der Waals surface area contributed by atoms with Crippen LogP contribution in [0.5, 0.6) is 0 Å². The quantitative estimate of drug-likeness (QED) is 0.605. The predicted octanol–water partition coefficient (Wildman–Crippen LogP) is 3.40. The van der Waals surface area contributed by atoms with Crippen LogP contribution in [-0.2, 0) is 11.3 Å². The molecule has 5 heteroatoms.